The fourth-order valence-corrected chi connectivity index (χ4v) is 2.42. The first-order valence-electron chi connectivity index (χ1n) is 5.95. The summed E-state index contributed by atoms with van der Waals surface area (Å²) in [5.41, 5.74) is 9.15. The van der Waals surface area contributed by atoms with Crippen molar-refractivity contribution in [3.8, 4) is 0 Å². The number of anilines is 1. The summed E-state index contributed by atoms with van der Waals surface area (Å²) in [6.45, 7) is 2.71. The second-order valence-electron chi connectivity index (χ2n) is 4.34. The molecule has 0 atom stereocenters. The van der Waals surface area contributed by atoms with E-state index < -0.39 is 0 Å². The minimum Gasteiger partial charge on any atom is -0.380 e. The Morgan fingerprint density at radius 2 is 2.00 bits per heavy atom. The standard InChI is InChI=1S/C15H15IN2O/c1-10-8-11(15(17)19)6-7-12(10)9-18-14-5-3-2-4-13(14)16/h2-8,18H,9H2,1H3,(H2,17,19). The van der Waals surface area contributed by atoms with Gasteiger partial charge in [-0.1, -0.05) is 18.2 Å². The van der Waals surface area contributed by atoms with Crippen molar-refractivity contribution in [3.63, 3.8) is 0 Å². The molecular formula is C15H15IN2O. The smallest absolute Gasteiger partial charge is 0.248 e. The number of hydrogen-bond donors (Lipinski definition) is 2. The molecule has 0 aliphatic heterocycles. The topological polar surface area (TPSA) is 55.1 Å². The zero-order valence-electron chi connectivity index (χ0n) is 10.6. The maximum Gasteiger partial charge on any atom is 0.248 e. The summed E-state index contributed by atoms with van der Waals surface area (Å²) in [7, 11) is 0. The number of halogens is 1. The number of nitrogens with one attached hydrogen (secondary N) is 1. The highest BCUT2D eigenvalue weighted by Gasteiger charge is 2.05. The lowest BCUT2D eigenvalue weighted by Crippen LogP contribution is -2.12. The highest BCUT2D eigenvalue weighted by Crippen LogP contribution is 2.19. The molecule has 2 rings (SSSR count). The van der Waals surface area contributed by atoms with Gasteiger partial charge in [0.1, 0.15) is 0 Å². The lowest BCUT2D eigenvalue weighted by molar-refractivity contribution is 0.1000. The van der Waals surface area contributed by atoms with Crippen molar-refractivity contribution in [2.45, 2.75) is 13.5 Å². The van der Waals surface area contributed by atoms with Gasteiger partial charge in [-0.3, -0.25) is 4.79 Å². The average molecular weight is 366 g/mol. The number of para-hydroxylation sites is 1. The fraction of sp³-hybridized carbons (Fsp3) is 0.133. The van der Waals surface area contributed by atoms with Gasteiger partial charge < -0.3 is 11.1 Å². The minimum absolute atomic E-state index is 0.389. The third-order valence-electron chi connectivity index (χ3n) is 2.97. The summed E-state index contributed by atoms with van der Waals surface area (Å²) < 4.78 is 1.19. The predicted octanol–water partition coefficient (Wildman–Crippen LogP) is 3.31. The summed E-state index contributed by atoms with van der Waals surface area (Å²) >= 11 is 2.30. The van der Waals surface area contributed by atoms with Crippen LogP contribution in [0.1, 0.15) is 21.5 Å². The number of carbonyl (C=O) groups excluding carboxylic acids is 1. The molecule has 0 aromatic heterocycles. The normalized spacial score (nSPS) is 10.2. The van der Waals surface area contributed by atoms with E-state index >= 15 is 0 Å². The van der Waals surface area contributed by atoms with Crippen molar-refractivity contribution in [1.82, 2.24) is 0 Å². The molecule has 3 N–H and O–H groups in total. The van der Waals surface area contributed by atoms with Gasteiger partial charge >= 0.3 is 0 Å². The van der Waals surface area contributed by atoms with Gasteiger partial charge in [0.15, 0.2) is 0 Å². The molecule has 2 aromatic carbocycles. The first-order valence-corrected chi connectivity index (χ1v) is 7.03. The van der Waals surface area contributed by atoms with E-state index in [4.69, 9.17) is 5.73 Å². The minimum atomic E-state index is -0.389. The highest BCUT2D eigenvalue weighted by molar-refractivity contribution is 14.1. The SMILES string of the molecule is Cc1cc(C(N)=O)ccc1CNc1ccccc1I. The largest absolute Gasteiger partial charge is 0.380 e. The summed E-state index contributed by atoms with van der Waals surface area (Å²) in [5.74, 6) is -0.389. The zero-order chi connectivity index (χ0) is 13.8. The number of benzene rings is 2. The number of primary amides is 1. The van der Waals surface area contributed by atoms with Gasteiger partial charge in [-0.15, -0.1) is 0 Å². The third-order valence-corrected chi connectivity index (χ3v) is 3.91. The number of aryl methyl sites for hydroxylation is 1. The molecule has 2 aromatic rings. The second kappa shape index (κ2) is 6.06. The number of rotatable bonds is 4. The number of amides is 1. The second-order valence-corrected chi connectivity index (χ2v) is 5.50. The van der Waals surface area contributed by atoms with E-state index in [1.807, 2.05) is 31.2 Å². The van der Waals surface area contributed by atoms with Crippen molar-refractivity contribution in [1.29, 1.82) is 0 Å². The fourth-order valence-electron chi connectivity index (χ4n) is 1.84. The van der Waals surface area contributed by atoms with E-state index in [1.54, 1.807) is 6.07 Å². The maximum absolute atomic E-state index is 11.1. The van der Waals surface area contributed by atoms with Crippen LogP contribution in [0.3, 0.4) is 0 Å². The summed E-state index contributed by atoms with van der Waals surface area (Å²) in [6, 6.07) is 13.7. The quantitative estimate of drug-likeness (QED) is 0.816. The van der Waals surface area contributed by atoms with Crippen molar-refractivity contribution in [2.24, 2.45) is 5.73 Å². The molecular weight excluding hydrogens is 351 g/mol. The van der Waals surface area contributed by atoms with Crippen LogP contribution in [-0.2, 0) is 6.54 Å². The van der Waals surface area contributed by atoms with Crippen molar-refractivity contribution >= 4 is 34.2 Å². The van der Waals surface area contributed by atoms with E-state index in [1.165, 1.54) is 3.57 Å². The van der Waals surface area contributed by atoms with Crippen LogP contribution < -0.4 is 11.1 Å². The predicted molar refractivity (Wildman–Crippen MR) is 86.2 cm³/mol. The van der Waals surface area contributed by atoms with Crippen molar-refractivity contribution < 1.29 is 4.79 Å². The van der Waals surface area contributed by atoms with E-state index in [0.717, 1.165) is 23.4 Å². The van der Waals surface area contributed by atoms with Crippen LogP contribution in [0.15, 0.2) is 42.5 Å². The van der Waals surface area contributed by atoms with Gasteiger partial charge in [0.05, 0.1) is 0 Å². The van der Waals surface area contributed by atoms with Gasteiger partial charge in [-0.2, -0.15) is 0 Å². The summed E-state index contributed by atoms with van der Waals surface area (Å²) in [6.07, 6.45) is 0. The van der Waals surface area contributed by atoms with E-state index in [2.05, 4.69) is 40.0 Å². The maximum atomic E-state index is 11.1. The van der Waals surface area contributed by atoms with E-state index in [-0.39, 0.29) is 5.91 Å². The molecule has 0 fully saturated rings. The molecule has 98 valence electrons. The molecule has 0 heterocycles. The number of hydrogen-bond acceptors (Lipinski definition) is 2. The highest BCUT2D eigenvalue weighted by atomic mass is 127. The van der Waals surface area contributed by atoms with Crippen LogP contribution in [0.2, 0.25) is 0 Å². The van der Waals surface area contributed by atoms with Gasteiger partial charge in [0.25, 0.3) is 0 Å². The molecule has 0 radical (unpaired) electrons. The first-order chi connectivity index (χ1) is 9.08. The molecule has 3 nitrogen and oxygen atoms in total. The Bertz CT molecular complexity index is 611. The Hall–Kier alpha value is -1.56. The Morgan fingerprint density at radius 1 is 1.26 bits per heavy atom. The van der Waals surface area contributed by atoms with Crippen LogP contribution in [0, 0.1) is 10.5 Å². The molecule has 0 unspecified atom stereocenters. The Kier molecular flexibility index (Phi) is 4.42. The lowest BCUT2D eigenvalue weighted by Gasteiger charge is -2.11. The molecule has 0 aliphatic rings. The molecule has 1 amide bonds. The third kappa shape index (κ3) is 3.47. The molecule has 0 aliphatic carbocycles. The molecule has 0 spiro atoms. The zero-order valence-corrected chi connectivity index (χ0v) is 12.8. The lowest BCUT2D eigenvalue weighted by atomic mass is 10.0. The van der Waals surface area contributed by atoms with Crippen LogP contribution in [0.5, 0.6) is 0 Å². The monoisotopic (exact) mass is 366 g/mol. The number of nitrogens with two attached hydrogens (primary N) is 1. The Balaban J connectivity index is 2.12. The van der Waals surface area contributed by atoms with E-state index in [9.17, 15) is 4.79 Å². The first kappa shape index (κ1) is 13.9. The molecule has 4 heteroatoms. The van der Waals surface area contributed by atoms with Gasteiger partial charge in [0, 0.05) is 21.4 Å². The van der Waals surface area contributed by atoms with Crippen molar-refractivity contribution in [2.75, 3.05) is 5.32 Å². The summed E-state index contributed by atoms with van der Waals surface area (Å²) in [5, 5.41) is 3.40. The number of carbonyl (C=O) groups is 1. The van der Waals surface area contributed by atoms with Crippen LogP contribution in [0.25, 0.3) is 0 Å². The average Bonchev–Trinajstić information content (AvgIpc) is 2.39. The Labute approximate surface area is 126 Å². The van der Waals surface area contributed by atoms with Gasteiger partial charge in [-0.05, 0) is 64.9 Å². The van der Waals surface area contributed by atoms with Crippen LogP contribution in [-0.4, -0.2) is 5.91 Å². The van der Waals surface area contributed by atoms with E-state index in [0.29, 0.717) is 5.56 Å². The summed E-state index contributed by atoms with van der Waals surface area (Å²) in [4.78, 5) is 11.1. The van der Waals surface area contributed by atoms with Gasteiger partial charge in [0.2, 0.25) is 5.91 Å². The van der Waals surface area contributed by atoms with Crippen LogP contribution in [0.4, 0.5) is 5.69 Å². The molecule has 0 bridgehead atoms. The van der Waals surface area contributed by atoms with Gasteiger partial charge in [-0.25, -0.2) is 0 Å². The molecule has 0 saturated heterocycles. The molecule has 0 saturated carbocycles. The van der Waals surface area contributed by atoms with Crippen molar-refractivity contribution in [3.05, 3.63) is 62.7 Å². The Morgan fingerprint density at radius 3 is 2.63 bits per heavy atom. The van der Waals surface area contributed by atoms with Crippen LogP contribution >= 0.6 is 22.6 Å². The molecule has 19 heavy (non-hydrogen) atoms.